The Morgan fingerprint density at radius 2 is 1.77 bits per heavy atom. The highest BCUT2D eigenvalue weighted by atomic mass is 16.5. The number of pyridine rings is 1. The molecule has 2 aromatic rings. The molecule has 0 unspecified atom stereocenters. The Labute approximate surface area is 151 Å². The van der Waals surface area contributed by atoms with Gasteiger partial charge in [-0.15, -0.1) is 0 Å². The van der Waals surface area contributed by atoms with Gasteiger partial charge in [0.05, 0.1) is 6.61 Å². The summed E-state index contributed by atoms with van der Waals surface area (Å²) in [4.78, 5) is 27.6. The number of urea groups is 1. The number of nitrogens with zero attached hydrogens (tertiary/aromatic N) is 1. The molecule has 3 amide bonds. The third-order valence-corrected chi connectivity index (χ3v) is 3.27. The standard InChI is InChI=1S/C18H22N4O4/c1-3-26-17-13(5-4-10-19-17)11-20-18(24)22-15-8-6-14(7-9-15)21-16(23)12-25-2/h4-10H,3,11-12H2,1-2H3,(H,21,23)(H2,20,22,24). The molecule has 26 heavy (non-hydrogen) atoms. The molecule has 0 spiro atoms. The zero-order valence-corrected chi connectivity index (χ0v) is 14.7. The molecule has 0 atom stereocenters. The molecule has 0 aliphatic heterocycles. The molecular formula is C18H22N4O4. The average molecular weight is 358 g/mol. The first kappa shape index (κ1) is 19.2. The van der Waals surface area contributed by atoms with E-state index in [9.17, 15) is 9.59 Å². The van der Waals surface area contributed by atoms with Gasteiger partial charge in [-0.2, -0.15) is 0 Å². The first-order chi connectivity index (χ1) is 12.6. The van der Waals surface area contributed by atoms with E-state index in [1.165, 1.54) is 7.11 Å². The van der Waals surface area contributed by atoms with Crippen LogP contribution in [0.1, 0.15) is 12.5 Å². The maximum absolute atomic E-state index is 12.0. The summed E-state index contributed by atoms with van der Waals surface area (Å²) >= 11 is 0. The Morgan fingerprint density at radius 1 is 1.08 bits per heavy atom. The zero-order valence-electron chi connectivity index (χ0n) is 14.7. The Bertz CT molecular complexity index is 734. The van der Waals surface area contributed by atoms with Gasteiger partial charge in [-0.25, -0.2) is 9.78 Å². The van der Waals surface area contributed by atoms with E-state index in [-0.39, 0.29) is 18.5 Å². The Hall–Kier alpha value is -3.13. The first-order valence-electron chi connectivity index (χ1n) is 8.12. The number of nitrogens with one attached hydrogen (secondary N) is 3. The van der Waals surface area contributed by atoms with Crippen molar-refractivity contribution < 1.29 is 19.1 Å². The van der Waals surface area contributed by atoms with E-state index in [2.05, 4.69) is 20.9 Å². The molecule has 1 aromatic heterocycles. The Morgan fingerprint density at radius 3 is 2.42 bits per heavy atom. The van der Waals surface area contributed by atoms with Crippen molar-refractivity contribution >= 4 is 23.3 Å². The van der Waals surface area contributed by atoms with E-state index in [1.807, 2.05) is 13.0 Å². The van der Waals surface area contributed by atoms with E-state index < -0.39 is 0 Å². The van der Waals surface area contributed by atoms with E-state index in [0.29, 0.717) is 30.4 Å². The molecule has 0 aliphatic carbocycles. The summed E-state index contributed by atoms with van der Waals surface area (Å²) in [6, 6.07) is 10.0. The summed E-state index contributed by atoms with van der Waals surface area (Å²) < 4.78 is 10.2. The van der Waals surface area contributed by atoms with Crippen molar-refractivity contribution in [3.05, 3.63) is 48.2 Å². The zero-order chi connectivity index (χ0) is 18.8. The molecule has 8 nitrogen and oxygen atoms in total. The number of anilines is 2. The van der Waals surface area contributed by atoms with Crippen LogP contribution in [0.4, 0.5) is 16.2 Å². The van der Waals surface area contributed by atoms with Gasteiger partial charge in [0.15, 0.2) is 0 Å². The van der Waals surface area contributed by atoms with Crippen LogP contribution in [-0.4, -0.2) is 37.2 Å². The summed E-state index contributed by atoms with van der Waals surface area (Å²) in [5.74, 6) is 0.263. The van der Waals surface area contributed by atoms with Crippen LogP contribution < -0.4 is 20.7 Å². The Balaban J connectivity index is 1.85. The molecule has 0 radical (unpaired) electrons. The lowest BCUT2D eigenvalue weighted by Crippen LogP contribution is -2.28. The second-order valence-corrected chi connectivity index (χ2v) is 5.27. The fraction of sp³-hybridized carbons (Fsp3) is 0.278. The highest BCUT2D eigenvalue weighted by molar-refractivity contribution is 5.93. The molecule has 3 N–H and O–H groups in total. The summed E-state index contributed by atoms with van der Waals surface area (Å²) in [6.07, 6.45) is 1.64. The van der Waals surface area contributed by atoms with Crippen LogP contribution >= 0.6 is 0 Å². The fourth-order valence-electron chi connectivity index (χ4n) is 2.14. The number of hydrogen-bond donors (Lipinski definition) is 3. The van der Waals surface area contributed by atoms with Gasteiger partial charge in [0.1, 0.15) is 6.61 Å². The van der Waals surface area contributed by atoms with Crippen molar-refractivity contribution in [3.8, 4) is 5.88 Å². The van der Waals surface area contributed by atoms with E-state index in [0.717, 1.165) is 5.56 Å². The number of rotatable bonds is 8. The highest BCUT2D eigenvalue weighted by Gasteiger charge is 2.07. The smallest absolute Gasteiger partial charge is 0.319 e. The van der Waals surface area contributed by atoms with Crippen LogP contribution in [0.2, 0.25) is 0 Å². The number of benzene rings is 1. The van der Waals surface area contributed by atoms with E-state index >= 15 is 0 Å². The lowest BCUT2D eigenvalue weighted by molar-refractivity contribution is -0.119. The predicted octanol–water partition coefficient (Wildman–Crippen LogP) is 2.39. The number of methoxy groups -OCH3 is 1. The molecule has 2 rings (SSSR count). The molecule has 0 saturated heterocycles. The van der Waals surface area contributed by atoms with Crippen molar-refractivity contribution in [3.63, 3.8) is 0 Å². The highest BCUT2D eigenvalue weighted by Crippen LogP contribution is 2.15. The van der Waals surface area contributed by atoms with Gasteiger partial charge >= 0.3 is 6.03 Å². The fourth-order valence-corrected chi connectivity index (χ4v) is 2.14. The van der Waals surface area contributed by atoms with Gasteiger partial charge in [-0.1, -0.05) is 6.07 Å². The second kappa shape index (κ2) is 10.00. The second-order valence-electron chi connectivity index (χ2n) is 5.27. The predicted molar refractivity (Wildman–Crippen MR) is 98.2 cm³/mol. The molecule has 8 heteroatoms. The summed E-state index contributed by atoms with van der Waals surface area (Å²) in [6.45, 7) is 2.66. The van der Waals surface area contributed by atoms with Crippen LogP contribution in [0.25, 0.3) is 0 Å². The normalized spacial score (nSPS) is 10.1. The van der Waals surface area contributed by atoms with Crippen LogP contribution in [-0.2, 0) is 16.1 Å². The number of carbonyl (C=O) groups is 2. The summed E-state index contributed by atoms with van der Waals surface area (Å²) in [5, 5.41) is 8.15. The minimum absolute atomic E-state index is 0.0134. The third kappa shape index (κ3) is 6.06. The molecule has 0 saturated carbocycles. The monoisotopic (exact) mass is 358 g/mol. The minimum Gasteiger partial charge on any atom is -0.478 e. The minimum atomic E-state index is -0.354. The number of carbonyl (C=O) groups excluding carboxylic acids is 2. The van der Waals surface area contributed by atoms with Crippen molar-refractivity contribution in [2.24, 2.45) is 0 Å². The van der Waals surface area contributed by atoms with Crippen molar-refractivity contribution in [1.29, 1.82) is 0 Å². The van der Waals surface area contributed by atoms with Crippen LogP contribution in [0.3, 0.4) is 0 Å². The number of aromatic nitrogens is 1. The Kier molecular flexibility index (Phi) is 7.38. The molecule has 138 valence electrons. The first-order valence-corrected chi connectivity index (χ1v) is 8.12. The largest absolute Gasteiger partial charge is 0.478 e. The van der Waals surface area contributed by atoms with Gasteiger partial charge < -0.3 is 25.4 Å². The van der Waals surface area contributed by atoms with E-state index in [4.69, 9.17) is 9.47 Å². The van der Waals surface area contributed by atoms with Crippen molar-refractivity contribution in [2.75, 3.05) is 31.0 Å². The average Bonchev–Trinajstić information content (AvgIpc) is 2.63. The van der Waals surface area contributed by atoms with E-state index in [1.54, 1.807) is 36.5 Å². The van der Waals surface area contributed by atoms with Gasteiger partial charge in [-0.3, -0.25) is 4.79 Å². The van der Waals surface area contributed by atoms with Gasteiger partial charge in [0.25, 0.3) is 0 Å². The lowest BCUT2D eigenvalue weighted by Gasteiger charge is -2.11. The molecule has 0 aliphatic rings. The third-order valence-electron chi connectivity index (χ3n) is 3.27. The molecular weight excluding hydrogens is 336 g/mol. The number of hydrogen-bond acceptors (Lipinski definition) is 5. The van der Waals surface area contributed by atoms with Crippen LogP contribution in [0, 0.1) is 0 Å². The van der Waals surface area contributed by atoms with Gasteiger partial charge in [-0.05, 0) is 37.3 Å². The SMILES string of the molecule is CCOc1ncccc1CNC(=O)Nc1ccc(NC(=O)COC)cc1. The number of ether oxygens (including phenoxy) is 2. The van der Waals surface area contributed by atoms with Crippen molar-refractivity contribution in [1.82, 2.24) is 10.3 Å². The topological polar surface area (TPSA) is 102 Å². The lowest BCUT2D eigenvalue weighted by atomic mass is 10.2. The summed E-state index contributed by atoms with van der Waals surface area (Å²) in [7, 11) is 1.45. The molecule has 0 fully saturated rings. The maximum atomic E-state index is 12.0. The molecule has 1 aromatic carbocycles. The number of amides is 3. The molecule has 0 bridgehead atoms. The van der Waals surface area contributed by atoms with Crippen LogP contribution in [0.5, 0.6) is 5.88 Å². The van der Waals surface area contributed by atoms with Gasteiger partial charge in [0.2, 0.25) is 11.8 Å². The summed E-state index contributed by atoms with van der Waals surface area (Å²) in [5.41, 5.74) is 2.01. The van der Waals surface area contributed by atoms with Crippen molar-refractivity contribution in [2.45, 2.75) is 13.5 Å². The quantitative estimate of drug-likeness (QED) is 0.672. The molecule has 1 heterocycles. The van der Waals surface area contributed by atoms with Gasteiger partial charge in [0, 0.05) is 36.8 Å². The maximum Gasteiger partial charge on any atom is 0.319 e. The van der Waals surface area contributed by atoms with Crippen LogP contribution in [0.15, 0.2) is 42.6 Å².